The molecule has 0 aliphatic carbocycles. The first-order valence-electron chi connectivity index (χ1n) is 5.33. The van der Waals surface area contributed by atoms with Crippen molar-refractivity contribution in [3.05, 3.63) is 29.8 Å². The molecule has 1 aliphatic heterocycles. The Hall–Kier alpha value is -1.42. The summed E-state index contributed by atoms with van der Waals surface area (Å²) in [6.07, 6.45) is 1.17. The Kier molecular flexibility index (Phi) is 2.17. The van der Waals surface area contributed by atoms with Gasteiger partial charge in [-0.1, -0.05) is 19.1 Å². The van der Waals surface area contributed by atoms with Crippen LogP contribution in [0, 0.1) is 0 Å². The average Bonchev–Trinajstić information content (AvgIpc) is 2.81. The third kappa shape index (κ3) is 1.59. The molecular weight excluding hydrogens is 218 g/mol. The van der Waals surface area contributed by atoms with E-state index in [1.807, 2.05) is 17.8 Å². The lowest BCUT2D eigenvalue weighted by Crippen LogP contribution is -1.90. The van der Waals surface area contributed by atoms with Gasteiger partial charge in [0.1, 0.15) is 5.82 Å². The van der Waals surface area contributed by atoms with Crippen molar-refractivity contribution in [2.75, 3.05) is 5.73 Å². The number of hydrogen-bond donors (Lipinski definition) is 2. The maximum atomic E-state index is 5.60. The van der Waals surface area contributed by atoms with E-state index in [9.17, 15) is 0 Å². The second kappa shape index (κ2) is 3.56. The highest BCUT2D eigenvalue weighted by molar-refractivity contribution is 8.00. The summed E-state index contributed by atoms with van der Waals surface area (Å²) in [6, 6.07) is 8.42. The van der Waals surface area contributed by atoms with Gasteiger partial charge in [0, 0.05) is 21.8 Å². The number of aromatic amines is 1. The molecule has 0 fully saturated rings. The lowest BCUT2D eigenvalue weighted by atomic mass is 10.1. The van der Waals surface area contributed by atoms with E-state index in [0.29, 0.717) is 11.1 Å². The predicted molar refractivity (Wildman–Crippen MR) is 67.5 cm³/mol. The van der Waals surface area contributed by atoms with Gasteiger partial charge in [0.05, 0.1) is 5.69 Å². The van der Waals surface area contributed by atoms with Crippen LogP contribution >= 0.6 is 11.8 Å². The Morgan fingerprint density at radius 2 is 2.31 bits per heavy atom. The Labute approximate surface area is 98.4 Å². The van der Waals surface area contributed by atoms with Gasteiger partial charge >= 0.3 is 0 Å². The van der Waals surface area contributed by atoms with E-state index in [0.717, 1.165) is 11.3 Å². The first-order valence-corrected chi connectivity index (χ1v) is 6.21. The number of thioether (sulfide) groups is 1. The first-order chi connectivity index (χ1) is 7.72. The zero-order chi connectivity index (χ0) is 11.1. The number of nitrogens with two attached hydrogens (primary N) is 1. The van der Waals surface area contributed by atoms with Crippen molar-refractivity contribution in [3.8, 4) is 11.3 Å². The Morgan fingerprint density at radius 3 is 3.06 bits per heavy atom. The lowest BCUT2D eigenvalue weighted by molar-refractivity contribution is 0.960. The van der Waals surface area contributed by atoms with E-state index < -0.39 is 0 Å². The van der Waals surface area contributed by atoms with Crippen LogP contribution in [0.4, 0.5) is 5.82 Å². The van der Waals surface area contributed by atoms with E-state index >= 15 is 0 Å². The van der Waals surface area contributed by atoms with Gasteiger partial charge in [0.25, 0.3) is 0 Å². The molecular formula is C12H13N3S. The Morgan fingerprint density at radius 1 is 1.44 bits per heavy atom. The number of nitrogens with zero attached hydrogens (tertiary/aromatic N) is 1. The molecule has 2 aromatic rings. The van der Waals surface area contributed by atoms with Crippen LogP contribution in [0.15, 0.2) is 29.2 Å². The van der Waals surface area contributed by atoms with E-state index in [4.69, 9.17) is 5.73 Å². The molecule has 2 heterocycles. The van der Waals surface area contributed by atoms with E-state index in [1.54, 1.807) is 0 Å². The summed E-state index contributed by atoms with van der Waals surface area (Å²) in [4.78, 5) is 1.39. The van der Waals surface area contributed by atoms with Crippen LogP contribution in [0.5, 0.6) is 0 Å². The maximum Gasteiger partial charge on any atom is 0.145 e. The molecule has 0 bridgehead atoms. The fraction of sp³-hybridized carbons (Fsp3) is 0.250. The van der Waals surface area contributed by atoms with Gasteiger partial charge in [-0.15, -0.1) is 11.8 Å². The number of rotatable bonds is 1. The molecule has 0 saturated heterocycles. The van der Waals surface area contributed by atoms with Gasteiger partial charge in [-0.2, -0.15) is 5.10 Å². The second-order valence-corrected chi connectivity index (χ2v) is 5.64. The summed E-state index contributed by atoms with van der Waals surface area (Å²) in [5, 5.41) is 7.58. The minimum Gasteiger partial charge on any atom is -0.382 e. The van der Waals surface area contributed by atoms with Crippen molar-refractivity contribution in [1.29, 1.82) is 0 Å². The molecule has 1 aliphatic rings. The third-order valence-corrected chi connectivity index (χ3v) is 4.01. The normalized spacial score (nSPS) is 18.7. The van der Waals surface area contributed by atoms with Crippen LogP contribution in [0.2, 0.25) is 0 Å². The van der Waals surface area contributed by atoms with Gasteiger partial charge in [-0.25, -0.2) is 0 Å². The molecule has 0 radical (unpaired) electrons. The smallest absolute Gasteiger partial charge is 0.145 e. The first kappa shape index (κ1) is 9.78. The molecule has 0 spiro atoms. The standard InChI is InChI=1S/C12H13N3S/c1-7-4-9-3-2-8(5-11(9)16-7)10-6-12(13)15-14-10/h2-3,5-7H,4H2,1H3,(H3,13,14,15). The van der Waals surface area contributed by atoms with Crippen LogP contribution in [0.1, 0.15) is 12.5 Å². The lowest BCUT2D eigenvalue weighted by Gasteiger charge is -2.01. The predicted octanol–water partition coefficient (Wildman–Crippen LogP) is 2.70. The largest absolute Gasteiger partial charge is 0.382 e. The van der Waals surface area contributed by atoms with E-state index in [2.05, 4.69) is 35.3 Å². The molecule has 1 atom stereocenters. The van der Waals surface area contributed by atoms with Crippen molar-refractivity contribution in [1.82, 2.24) is 10.2 Å². The summed E-state index contributed by atoms with van der Waals surface area (Å²) in [5.41, 5.74) is 9.20. The Balaban J connectivity index is 2.02. The molecule has 0 amide bonds. The molecule has 3 N–H and O–H groups in total. The quantitative estimate of drug-likeness (QED) is 0.793. The summed E-state index contributed by atoms with van der Waals surface area (Å²) < 4.78 is 0. The van der Waals surface area contributed by atoms with Gasteiger partial charge in [-0.3, -0.25) is 5.10 Å². The van der Waals surface area contributed by atoms with Crippen LogP contribution in [0.3, 0.4) is 0 Å². The van der Waals surface area contributed by atoms with Crippen molar-refractivity contribution < 1.29 is 0 Å². The van der Waals surface area contributed by atoms with Crippen LogP contribution in [0.25, 0.3) is 11.3 Å². The molecule has 16 heavy (non-hydrogen) atoms. The topological polar surface area (TPSA) is 54.7 Å². The number of nitrogen functional groups attached to an aromatic ring is 1. The van der Waals surface area contributed by atoms with Crippen molar-refractivity contribution in [2.45, 2.75) is 23.5 Å². The van der Waals surface area contributed by atoms with Crippen LogP contribution in [-0.4, -0.2) is 15.4 Å². The zero-order valence-electron chi connectivity index (χ0n) is 9.03. The number of H-pyrrole nitrogens is 1. The number of benzene rings is 1. The number of hydrogen-bond acceptors (Lipinski definition) is 3. The van der Waals surface area contributed by atoms with Gasteiger partial charge in [-0.05, 0) is 18.1 Å². The van der Waals surface area contributed by atoms with Gasteiger partial charge in [0.15, 0.2) is 0 Å². The summed E-state index contributed by atoms with van der Waals surface area (Å²) in [7, 11) is 0. The molecule has 3 rings (SSSR count). The Bertz CT molecular complexity index is 533. The van der Waals surface area contributed by atoms with Crippen molar-refractivity contribution >= 4 is 17.6 Å². The van der Waals surface area contributed by atoms with Crippen molar-refractivity contribution in [3.63, 3.8) is 0 Å². The number of aromatic nitrogens is 2. The van der Waals surface area contributed by atoms with Crippen LogP contribution in [-0.2, 0) is 6.42 Å². The number of nitrogens with one attached hydrogen (secondary N) is 1. The monoisotopic (exact) mass is 231 g/mol. The highest BCUT2D eigenvalue weighted by atomic mass is 32.2. The molecule has 1 aromatic heterocycles. The fourth-order valence-corrected chi connectivity index (χ4v) is 3.25. The molecule has 0 saturated carbocycles. The second-order valence-electron chi connectivity index (χ2n) is 4.16. The molecule has 1 aromatic carbocycles. The summed E-state index contributed by atoms with van der Waals surface area (Å²) in [5.74, 6) is 0.538. The molecule has 3 nitrogen and oxygen atoms in total. The van der Waals surface area contributed by atoms with E-state index in [1.165, 1.54) is 16.9 Å². The van der Waals surface area contributed by atoms with Gasteiger partial charge in [0.2, 0.25) is 0 Å². The maximum absolute atomic E-state index is 5.60. The molecule has 4 heteroatoms. The highest BCUT2D eigenvalue weighted by Crippen LogP contribution is 2.38. The number of fused-ring (bicyclic) bond motifs is 1. The van der Waals surface area contributed by atoms with Crippen molar-refractivity contribution in [2.24, 2.45) is 0 Å². The average molecular weight is 231 g/mol. The summed E-state index contributed by atoms with van der Waals surface area (Å²) in [6.45, 7) is 2.26. The van der Waals surface area contributed by atoms with E-state index in [-0.39, 0.29) is 0 Å². The van der Waals surface area contributed by atoms with Gasteiger partial charge < -0.3 is 5.73 Å². The molecule has 82 valence electrons. The minimum atomic E-state index is 0.538. The SMILES string of the molecule is CC1Cc2ccc(-c3cc(N)n[nH]3)cc2S1. The molecule has 1 unspecified atom stereocenters. The zero-order valence-corrected chi connectivity index (χ0v) is 9.84. The van der Waals surface area contributed by atoms with Crippen LogP contribution < -0.4 is 5.73 Å². The fourth-order valence-electron chi connectivity index (χ4n) is 2.05. The summed E-state index contributed by atoms with van der Waals surface area (Å²) >= 11 is 1.94. The third-order valence-electron chi connectivity index (χ3n) is 2.81. The highest BCUT2D eigenvalue weighted by Gasteiger charge is 2.18. The number of anilines is 1. The minimum absolute atomic E-state index is 0.538.